The standard InChI is InChI=1S/C27H36N4O2/c1-15(2)9-18-11-19(12-18)25-29-30-26(31(25)20-6-7-20)22-13-21(32)14-23(22)27(33)28-24-8-5-16(3)10-17(24)4/h5,8,10,15,18-20,22-23H,6-7,9,11-14H2,1-4H3,(H,28,33)/t18?,19?,22-,23-/m0/s1. The first-order valence-electron chi connectivity index (χ1n) is 12.6. The summed E-state index contributed by atoms with van der Waals surface area (Å²) < 4.78 is 2.33. The van der Waals surface area contributed by atoms with E-state index in [9.17, 15) is 9.59 Å². The van der Waals surface area contributed by atoms with Gasteiger partial charge in [0.1, 0.15) is 17.4 Å². The van der Waals surface area contributed by atoms with Crippen LogP contribution in [0.15, 0.2) is 18.2 Å². The van der Waals surface area contributed by atoms with E-state index in [2.05, 4.69) is 40.0 Å². The Morgan fingerprint density at radius 2 is 1.85 bits per heavy atom. The summed E-state index contributed by atoms with van der Waals surface area (Å²) in [6, 6.07) is 6.45. The Bertz CT molecular complexity index is 1060. The molecule has 6 heteroatoms. The molecular formula is C27H36N4O2. The van der Waals surface area contributed by atoms with Crippen LogP contribution in [0, 0.1) is 31.6 Å². The molecule has 1 N–H and O–H groups in total. The average Bonchev–Trinajstić information content (AvgIpc) is 3.35. The van der Waals surface area contributed by atoms with Gasteiger partial charge >= 0.3 is 0 Å². The second-order valence-electron chi connectivity index (χ2n) is 11.1. The lowest BCUT2D eigenvalue weighted by Gasteiger charge is -2.36. The van der Waals surface area contributed by atoms with Crippen molar-refractivity contribution in [1.29, 1.82) is 0 Å². The van der Waals surface area contributed by atoms with Crippen LogP contribution in [0.25, 0.3) is 0 Å². The van der Waals surface area contributed by atoms with Crippen LogP contribution in [0.4, 0.5) is 5.69 Å². The lowest BCUT2D eigenvalue weighted by atomic mass is 9.71. The molecule has 1 aromatic carbocycles. The van der Waals surface area contributed by atoms with E-state index in [4.69, 9.17) is 0 Å². The van der Waals surface area contributed by atoms with Crippen molar-refractivity contribution in [2.45, 2.75) is 90.5 Å². The van der Waals surface area contributed by atoms with E-state index in [1.807, 2.05) is 26.0 Å². The SMILES string of the molecule is Cc1ccc(NC(=O)[C@H]2CC(=O)C[C@@H]2c2nnc(C3CC(CC(C)C)C3)n2C2CC2)c(C)c1. The molecule has 0 aliphatic heterocycles. The summed E-state index contributed by atoms with van der Waals surface area (Å²) in [5, 5.41) is 12.4. The lowest BCUT2D eigenvalue weighted by Crippen LogP contribution is -2.28. The molecule has 0 saturated heterocycles. The molecule has 176 valence electrons. The Labute approximate surface area is 196 Å². The Balaban J connectivity index is 1.37. The van der Waals surface area contributed by atoms with Crippen molar-refractivity contribution in [3.63, 3.8) is 0 Å². The molecule has 5 rings (SSSR count). The molecule has 6 nitrogen and oxygen atoms in total. The van der Waals surface area contributed by atoms with E-state index in [-0.39, 0.29) is 29.9 Å². The van der Waals surface area contributed by atoms with Crippen LogP contribution in [0.1, 0.15) is 99.4 Å². The molecule has 0 radical (unpaired) electrons. The van der Waals surface area contributed by atoms with Gasteiger partial charge in [0.15, 0.2) is 0 Å². The van der Waals surface area contributed by atoms with E-state index < -0.39 is 0 Å². The van der Waals surface area contributed by atoms with Crippen LogP contribution in [-0.2, 0) is 9.59 Å². The number of aromatic nitrogens is 3. The first kappa shape index (κ1) is 22.3. The minimum Gasteiger partial charge on any atom is -0.326 e. The van der Waals surface area contributed by atoms with Gasteiger partial charge in [0.05, 0.1) is 5.92 Å². The molecule has 0 spiro atoms. The Kier molecular flexibility index (Phi) is 5.87. The Morgan fingerprint density at radius 3 is 2.52 bits per heavy atom. The number of nitrogens with zero attached hydrogens (tertiary/aromatic N) is 3. The molecular weight excluding hydrogens is 412 g/mol. The highest BCUT2D eigenvalue weighted by molar-refractivity contribution is 5.99. The smallest absolute Gasteiger partial charge is 0.228 e. The summed E-state index contributed by atoms with van der Waals surface area (Å²) in [5.74, 6) is 3.45. The molecule has 3 aliphatic carbocycles. The zero-order valence-corrected chi connectivity index (χ0v) is 20.3. The third-order valence-corrected chi connectivity index (χ3v) is 7.76. The largest absolute Gasteiger partial charge is 0.326 e. The second-order valence-corrected chi connectivity index (χ2v) is 11.1. The lowest BCUT2D eigenvalue weighted by molar-refractivity contribution is -0.122. The van der Waals surface area contributed by atoms with Crippen molar-refractivity contribution < 1.29 is 9.59 Å². The monoisotopic (exact) mass is 448 g/mol. The van der Waals surface area contributed by atoms with Crippen molar-refractivity contribution in [1.82, 2.24) is 14.8 Å². The minimum atomic E-state index is -0.386. The average molecular weight is 449 g/mol. The number of hydrogen-bond donors (Lipinski definition) is 1. The number of aryl methyl sites for hydroxylation is 2. The fourth-order valence-corrected chi connectivity index (χ4v) is 5.94. The van der Waals surface area contributed by atoms with Gasteiger partial charge in [-0.05, 0) is 69.4 Å². The maximum atomic E-state index is 13.3. The molecule has 3 aliphatic rings. The van der Waals surface area contributed by atoms with Gasteiger partial charge in [-0.3, -0.25) is 9.59 Å². The fourth-order valence-electron chi connectivity index (χ4n) is 5.94. The van der Waals surface area contributed by atoms with Gasteiger partial charge in [0, 0.05) is 36.4 Å². The van der Waals surface area contributed by atoms with Crippen molar-refractivity contribution in [3.8, 4) is 0 Å². The molecule has 0 unspecified atom stereocenters. The summed E-state index contributed by atoms with van der Waals surface area (Å²) in [5.41, 5.74) is 3.02. The number of nitrogens with one attached hydrogen (secondary N) is 1. The minimum absolute atomic E-state index is 0.0784. The first-order chi connectivity index (χ1) is 15.8. The Hall–Kier alpha value is -2.50. The number of carbonyl (C=O) groups is 2. The molecule has 33 heavy (non-hydrogen) atoms. The van der Waals surface area contributed by atoms with E-state index in [1.54, 1.807) is 0 Å². The number of rotatable bonds is 7. The van der Waals surface area contributed by atoms with Crippen LogP contribution in [0.2, 0.25) is 0 Å². The van der Waals surface area contributed by atoms with Gasteiger partial charge in [-0.15, -0.1) is 10.2 Å². The highest BCUT2D eigenvalue weighted by Crippen LogP contribution is 2.49. The van der Waals surface area contributed by atoms with E-state index in [0.717, 1.165) is 53.1 Å². The number of carbonyl (C=O) groups excluding carboxylic acids is 2. The predicted molar refractivity (Wildman–Crippen MR) is 128 cm³/mol. The maximum Gasteiger partial charge on any atom is 0.228 e. The van der Waals surface area contributed by atoms with Gasteiger partial charge in [-0.25, -0.2) is 0 Å². The maximum absolute atomic E-state index is 13.3. The van der Waals surface area contributed by atoms with Crippen LogP contribution in [0.3, 0.4) is 0 Å². The number of hydrogen-bond acceptors (Lipinski definition) is 4. The number of ketones is 1. The van der Waals surface area contributed by atoms with Gasteiger partial charge in [0.2, 0.25) is 5.91 Å². The first-order valence-corrected chi connectivity index (χ1v) is 12.6. The van der Waals surface area contributed by atoms with Crippen LogP contribution < -0.4 is 5.32 Å². The second kappa shape index (κ2) is 8.69. The zero-order valence-electron chi connectivity index (χ0n) is 20.3. The molecule has 1 aromatic heterocycles. The van der Waals surface area contributed by atoms with Crippen LogP contribution in [0.5, 0.6) is 0 Å². The highest BCUT2D eigenvalue weighted by atomic mass is 16.2. The van der Waals surface area contributed by atoms with Crippen molar-refractivity contribution in [2.24, 2.45) is 17.8 Å². The van der Waals surface area contributed by atoms with Crippen LogP contribution in [-0.4, -0.2) is 26.5 Å². The number of anilines is 1. The van der Waals surface area contributed by atoms with Crippen molar-refractivity contribution in [2.75, 3.05) is 5.32 Å². The summed E-state index contributed by atoms with van der Waals surface area (Å²) in [4.78, 5) is 25.8. The van der Waals surface area contributed by atoms with E-state index >= 15 is 0 Å². The number of Topliss-reactive ketones (excluding diaryl/α,β-unsaturated/α-hetero) is 1. The van der Waals surface area contributed by atoms with Gasteiger partial charge in [0.25, 0.3) is 0 Å². The number of benzene rings is 1. The van der Waals surface area contributed by atoms with Gasteiger partial charge in [-0.1, -0.05) is 31.5 Å². The molecule has 3 fully saturated rings. The summed E-state index contributed by atoms with van der Waals surface area (Å²) in [6.07, 6.45) is 6.59. The summed E-state index contributed by atoms with van der Waals surface area (Å²) in [7, 11) is 0. The molecule has 3 saturated carbocycles. The molecule has 2 atom stereocenters. The van der Waals surface area contributed by atoms with Crippen LogP contribution >= 0.6 is 0 Å². The normalized spacial score (nSPS) is 27.1. The molecule has 1 heterocycles. The molecule has 2 aromatic rings. The summed E-state index contributed by atoms with van der Waals surface area (Å²) in [6.45, 7) is 8.62. The third-order valence-electron chi connectivity index (χ3n) is 7.76. The van der Waals surface area contributed by atoms with E-state index in [0.29, 0.717) is 18.4 Å². The quantitative estimate of drug-likeness (QED) is 0.609. The molecule has 0 bridgehead atoms. The van der Waals surface area contributed by atoms with Crippen molar-refractivity contribution in [3.05, 3.63) is 41.0 Å². The van der Waals surface area contributed by atoms with Crippen molar-refractivity contribution >= 4 is 17.4 Å². The number of amides is 1. The van der Waals surface area contributed by atoms with Gasteiger partial charge < -0.3 is 9.88 Å². The topological polar surface area (TPSA) is 76.9 Å². The van der Waals surface area contributed by atoms with Gasteiger partial charge in [-0.2, -0.15) is 0 Å². The Morgan fingerprint density at radius 1 is 1.12 bits per heavy atom. The highest BCUT2D eigenvalue weighted by Gasteiger charge is 2.45. The third kappa shape index (κ3) is 4.49. The van der Waals surface area contributed by atoms with E-state index in [1.165, 1.54) is 19.3 Å². The fraction of sp³-hybridized carbons (Fsp3) is 0.630. The zero-order chi connectivity index (χ0) is 23.3. The predicted octanol–water partition coefficient (Wildman–Crippen LogP) is 5.47. The molecule has 1 amide bonds. The summed E-state index contributed by atoms with van der Waals surface area (Å²) >= 11 is 0.